The van der Waals surface area contributed by atoms with Crippen molar-refractivity contribution in [2.45, 2.75) is 13.3 Å². The maximum atomic E-state index is 12.7. The Hall–Kier alpha value is -2.35. The fraction of sp³-hybridized carbons (Fsp3) is 0.231. The van der Waals surface area contributed by atoms with Crippen LogP contribution in [0, 0.1) is 5.82 Å². The zero-order chi connectivity index (χ0) is 15.2. The predicted octanol–water partition coefficient (Wildman–Crippen LogP) is 2.04. The number of carbonyl (C=O) groups is 2. The van der Waals surface area contributed by atoms with Gasteiger partial charge in [0.15, 0.2) is 5.13 Å². The number of hydrogen-bond acceptors (Lipinski definition) is 6. The molecular formula is C13H12FN3O3S. The molecule has 0 saturated heterocycles. The van der Waals surface area contributed by atoms with E-state index in [-0.39, 0.29) is 18.1 Å². The summed E-state index contributed by atoms with van der Waals surface area (Å²) < 4.78 is 17.5. The number of hydrogen-bond donors (Lipinski definition) is 1. The highest BCUT2D eigenvalue weighted by atomic mass is 32.1. The van der Waals surface area contributed by atoms with Crippen molar-refractivity contribution in [3.05, 3.63) is 40.9 Å². The maximum absolute atomic E-state index is 12.7. The SMILES string of the molecule is CCOC(=O)Cc1csc(NC(=O)c2ccc(F)cn2)n1. The molecule has 2 rings (SSSR count). The molecule has 0 bridgehead atoms. The van der Waals surface area contributed by atoms with Crippen molar-refractivity contribution in [2.75, 3.05) is 11.9 Å². The van der Waals surface area contributed by atoms with Crippen molar-refractivity contribution in [3.63, 3.8) is 0 Å². The van der Waals surface area contributed by atoms with E-state index in [1.807, 2.05) is 0 Å². The second-order valence-electron chi connectivity index (χ2n) is 3.94. The average molecular weight is 309 g/mol. The molecule has 6 nitrogen and oxygen atoms in total. The summed E-state index contributed by atoms with van der Waals surface area (Å²) >= 11 is 1.18. The number of anilines is 1. The minimum absolute atomic E-state index is 0.0506. The molecule has 8 heteroatoms. The molecule has 21 heavy (non-hydrogen) atoms. The van der Waals surface area contributed by atoms with E-state index in [4.69, 9.17) is 4.74 Å². The molecule has 2 aromatic rings. The molecule has 0 aliphatic rings. The highest BCUT2D eigenvalue weighted by molar-refractivity contribution is 7.14. The van der Waals surface area contributed by atoms with Crippen LogP contribution in [0.5, 0.6) is 0 Å². The van der Waals surface area contributed by atoms with Crippen LogP contribution in [0.2, 0.25) is 0 Å². The monoisotopic (exact) mass is 309 g/mol. The Labute approximate surface area is 124 Å². The van der Waals surface area contributed by atoms with Gasteiger partial charge >= 0.3 is 5.97 Å². The van der Waals surface area contributed by atoms with Crippen molar-refractivity contribution in [1.82, 2.24) is 9.97 Å². The lowest BCUT2D eigenvalue weighted by molar-refractivity contribution is -0.142. The Morgan fingerprint density at radius 3 is 2.90 bits per heavy atom. The number of thiazole rings is 1. The summed E-state index contributed by atoms with van der Waals surface area (Å²) in [6.45, 7) is 2.03. The van der Waals surface area contributed by atoms with Gasteiger partial charge in [-0.2, -0.15) is 0 Å². The van der Waals surface area contributed by atoms with Crippen LogP contribution in [0.25, 0.3) is 0 Å². The molecule has 0 atom stereocenters. The largest absolute Gasteiger partial charge is 0.466 e. The van der Waals surface area contributed by atoms with E-state index in [2.05, 4.69) is 15.3 Å². The molecule has 0 fully saturated rings. The fourth-order valence-electron chi connectivity index (χ4n) is 1.48. The van der Waals surface area contributed by atoms with Crippen LogP contribution in [-0.4, -0.2) is 28.5 Å². The van der Waals surface area contributed by atoms with Gasteiger partial charge in [0.25, 0.3) is 5.91 Å². The third-order valence-electron chi connectivity index (χ3n) is 2.36. The predicted molar refractivity (Wildman–Crippen MR) is 74.6 cm³/mol. The Balaban J connectivity index is 1.97. The summed E-state index contributed by atoms with van der Waals surface area (Å²) in [5.74, 6) is -1.38. The van der Waals surface area contributed by atoms with Crippen LogP contribution in [0.3, 0.4) is 0 Å². The lowest BCUT2D eigenvalue weighted by Crippen LogP contribution is -2.13. The van der Waals surface area contributed by atoms with Gasteiger partial charge in [0, 0.05) is 5.38 Å². The highest BCUT2D eigenvalue weighted by Crippen LogP contribution is 2.17. The van der Waals surface area contributed by atoms with E-state index in [1.54, 1.807) is 12.3 Å². The summed E-state index contributed by atoms with van der Waals surface area (Å²) in [6, 6.07) is 2.42. The Kier molecular flexibility index (Phi) is 4.94. The molecule has 1 amide bonds. The minimum Gasteiger partial charge on any atom is -0.466 e. The molecule has 110 valence electrons. The van der Waals surface area contributed by atoms with E-state index in [1.165, 1.54) is 17.4 Å². The van der Waals surface area contributed by atoms with Gasteiger partial charge in [-0.25, -0.2) is 14.4 Å². The second kappa shape index (κ2) is 6.89. The number of amides is 1. The Morgan fingerprint density at radius 2 is 2.24 bits per heavy atom. The van der Waals surface area contributed by atoms with Crippen LogP contribution in [-0.2, 0) is 16.0 Å². The number of rotatable bonds is 5. The summed E-state index contributed by atoms with van der Waals surface area (Å²) in [5, 5.41) is 4.53. The first-order chi connectivity index (χ1) is 10.1. The Morgan fingerprint density at radius 1 is 1.43 bits per heavy atom. The van der Waals surface area contributed by atoms with E-state index in [9.17, 15) is 14.0 Å². The molecule has 0 aromatic carbocycles. The lowest BCUT2D eigenvalue weighted by Gasteiger charge is -2.00. The highest BCUT2D eigenvalue weighted by Gasteiger charge is 2.12. The van der Waals surface area contributed by atoms with Crippen molar-refractivity contribution in [1.29, 1.82) is 0 Å². The summed E-state index contributed by atoms with van der Waals surface area (Å²) in [5.41, 5.74) is 0.597. The molecular weight excluding hydrogens is 297 g/mol. The number of esters is 1. The summed E-state index contributed by atoms with van der Waals surface area (Å²) in [6.07, 6.45) is 1.01. The van der Waals surface area contributed by atoms with Crippen molar-refractivity contribution < 1.29 is 18.7 Å². The summed E-state index contributed by atoms with van der Waals surface area (Å²) in [4.78, 5) is 30.9. The normalized spacial score (nSPS) is 10.2. The van der Waals surface area contributed by atoms with Gasteiger partial charge in [0.2, 0.25) is 0 Å². The first-order valence-electron chi connectivity index (χ1n) is 6.11. The van der Waals surface area contributed by atoms with Crippen molar-refractivity contribution in [3.8, 4) is 0 Å². The number of pyridine rings is 1. The molecule has 0 saturated carbocycles. The second-order valence-corrected chi connectivity index (χ2v) is 4.80. The van der Waals surface area contributed by atoms with Gasteiger partial charge in [0.1, 0.15) is 11.5 Å². The van der Waals surface area contributed by atoms with Crippen LogP contribution >= 0.6 is 11.3 Å². The van der Waals surface area contributed by atoms with Gasteiger partial charge < -0.3 is 4.74 Å². The molecule has 0 spiro atoms. The zero-order valence-electron chi connectivity index (χ0n) is 11.1. The minimum atomic E-state index is -0.516. The van der Waals surface area contributed by atoms with Gasteiger partial charge in [-0.1, -0.05) is 0 Å². The number of aromatic nitrogens is 2. The molecule has 2 heterocycles. The quantitative estimate of drug-likeness (QED) is 0.855. The molecule has 0 unspecified atom stereocenters. The third kappa shape index (κ3) is 4.32. The van der Waals surface area contributed by atoms with Gasteiger partial charge in [-0.3, -0.25) is 14.9 Å². The number of nitrogens with zero attached hydrogens (tertiary/aromatic N) is 2. The molecule has 2 aromatic heterocycles. The number of halogens is 1. The lowest BCUT2D eigenvalue weighted by atomic mass is 10.3. The zero-order valence-corrected chi connectivity index (χ0v) is 11.9. The fourth-order valence-corrected chi connectivity index (χ4v) is 2.18. The summed E-state index contributed by atoms with van der Waals surface area (Å²) in [7, 11) is 0. The standard InChI is InChI=1S/C13H12FN3O3S/c1-2-20-11(18)5-9-7-21-13(16-9)17-12(19)10-4-3-8(14)6-15-10/h3-4,6-7H,2,5H2,1H3,(H,16,17,19). The maximum Gasteiger partial charge on any atom is 0.311 e. The van der Waals surface area contributed by atoms with Gasteiger partial charge in [-0.05, 0) is 19.1 Å². The number of ether oxygens (including phenoxy) is 1. The van der Waals surface area contributed by atoms with Crippen LogP contribution in [0.1, 0.15) is 23.1 Å². The average Bonchev–Trinajstić information content (AvgIpc) is 2.86. The van der Waals surface area contributed by atoms with Gasteiger partial charge in [-0.15, -0.1) is 11.3 Å². The molecule has 1 N–H and O–H groups in total. The van der Waals surface area contributed by atoms with E-state index in [0.717, 1.165) is 12.3 Å². The molecule has 0 aliphatic heterocycles. The van der Waals surface area contributed by atoms with Crippen molar-refractivity contribution in [2.24, 2.45) is 0 Å². The van der Waals surface area contributed by atoms with E-state index in [0.29, 0.717) is 17.4 Å². The number of nitrogens with one attached hydrogen (secondary N) is 1. The first kappa shape index (κ1) is 15.0. The van der Waals surface area contributed by atoms with Crippen molar-refractivity contribution >= 4 is 28.3 Å². The number of carbonyl (C=O) groups excluding carboxylic acids is 2. The van der Waals surface area contributed by atoms with Gasteiger partial charge in [0.05, 0.1) is 24.9 Å². The Bertz CT molecular complexity index is 642. The van der Waals surface area contributed by atoms with E-state index >= 15 is 0 Å². The van der Waals surface area contributed by atoms with Crippen LogP contribution in [0.15, 0.2) is 23.7 Å². The van der Waals surface area contributed by atoms with Crippen LogP contribution in [0.4, 0.5) is 9.52 Å². The molecule has 0 aliphatic carbocycles. The smallest absolute Gasteiger partial charge is 0.311 e. The van der Waals surface area contributed by atoms with Crippen LogP contribution < -0.4 is 5.32 Å². The van der Waals surface area contributed by atoms with E-state index < -0.39 is 11.7 Å². The topological polar surface area (TPSA) is 81.2 Å². The third-order valence-corrected chi connectivity index (χ3v) is 3.17. The molecule has 0 radical (unpaired) electrons. The first-order valence-corrected chi connectivity index (χ1v) is 6.99.